The van der Waals surface area contributed by atoms with Gasteiger partial charge in [-0.15, -0.1) is 0 Å². The van der Waals surface area contributed by atoms with Gasteiger partial charge < -0.3 is 15.2 Å². The molecule has 0 fully saturated rings. The van der Waals surface area contributed by atoms with Crippen LogP contribution in [-0.2, 0) is 11.0 Å². The van der Waals surface area contributed by atoms with E-state index >= 15 is 0 Å². The number of carbonyl (C=O) groups excluding carboxylic acids is 1. The van der Waals surface area contributed by atoms with Crippen molar-refractivity contribution in [3.8, 4) is 11.8 Å². The number of nitrogens with zero attached hydrogens (tertiary/aromatic N) is 1. The van der Waals surface area contributed by atoms with Crippen molar-refractivity contribution < 1.29 is 32.6 Å². The standard InChI is InChI=1S/C29H26ClF3N2O4/c1-2-3-24(18-4-6-20(7-5-18)28(38)35-15-14-26(36)37)27(19-8-11-23(30)12-9-19)39-25-13-10-22(29(31,32)33)16-21(25)17-34/h4-13,16,24,27H,2-3,14-15H2,1H3,(H,35,38)(H,36,37)/t24-,27+/m1/s1. The fourth-order valence-electron chi connectivity index (χ4n) is 4.14. The lowest BCUT2D eigenvalue weighted by Gasteiger charge is -2.29. The number of carbonyl (C=O) groups is 2. The van der Waals surface area contributed by atoms with E-state index in [4.69, 9.17) is 21.4 Å². The topological polar surface area (TPSA) is 99.4 Å². The first-order valence-corrected chi connectivity index (χ1v) is 12.5. The van der Waals surface area contributed by atoms with Crippen molar-refractivity contribution in [3.05, 3.63) is 99.6 Å². The second-order valence-electron chi connectivity index (χ2n) is 8.83. The van der Waals surface area contributed by atoms with Crippen LogP contribution in [0.15, 0.2) is 66.7 Å². The number of hydrogen-bond acceptors (Lipinski definition) is 4. The summed E-state index contributed by atoms with van der Waals surface area (Å²) in [5.74, 6) is -1.72. The van der Waals surface area contributed by atoms with Crippen LogP contribution < -0.4 is 10.1 Å². The third-order valence-electron chi connectivity index (χ3n) is 6.07. The van der Waals surface area contributed by atoms with Gasteiger partial charge in [-0.05, 0) is 60.0 Å². The highest BCUT2D eigenvalue weighted by Crippen LogP contribution is 2.41. The first-order valence-electron chi connectivity index (χ1n) is 12.2. The Labute approximate surface area is 229 Å². The highest BCUT2D eigenvalue weighted by Gasteiger charge is 2.32. The van der Waals surface area contributed by atoms with E-state index in [0.29, 0.717) is 22.6 Å². The Morgan fingerprint density at radius 3 is 2.26 bits per heavy atom. The normalized spacial score (nSPS) is 12.7. The minimum Gasteiger partial charge on any atom is -0.484 e. The number of rotatable bonds is 11. The number of benzene rings is 3. The van der Waals surface area contributed by atoms with Crippen molar-refractivity contribution in [1.29, 1.82) is 5.26 Å². The van der Waals surface area contributed by atoms with E-state index in [1.807, 2.05) is 6.92 Å². The summed E-state index contributed by atoms with van der Waals surface area (Å²) in [7, 11) is 0. The molecule has 0 radical (unpaired) electrons. The average Bonchev–Trinajstić information content (AvgIpc) is 2.90. The van der Waals surface area contributed by atoms with E-state index in [2.05, 4.69) is 5.32 Å². The quantitative estimate of drug-likeness (QED) is 0.260. The van der Waals surface area contributed by atoms with Gasteiger partial charge in [-0.1, -0.05) is 49.2 Å². The van der Waals surface area contributed by atoms with Crippen LogP contribution in [0.3, 0.4) is 0 Å². The van der Waals surface area contributed by atoms with Gasteiger partial charge in [0.15, 0.2) is 0 Å². The molecule has 0 bridgehead atoms. The number of halogens is 4. The molecule has 39 heavy (non-hydrogen) atoms. The lowest BCUT2D eigenvalue weighted by atomic mass is 9.85. The first kappa shape index (κ1) is 29.5. The Morgan fingerprint density at radius 2 is 1.69 bits per heavy atom. The van der Waals surface area contributed by atoms with Crippen LogP contribution in [0.4, 0.5) is 13.2 Å². The van der Waals surface area contributed by atoms with Gasteiger partial charge >= 0.3 is 12.1 Å². The number of amides is 1. The highest BCUT2D eigenvalue weighted by atomic mass is 35.5. The summed E-state index contributed by atoms with van der Waals surface area (Å²) in [6, 6.07) is 18.2. The highest BCUT2D eigenvalue weighted by molar-refractivity contribution is 6.30. The zero-order chi connectivity index (χ0) is 28.6. The van der Waals surface area contributed by atoms with Crippen LogP contribution in [0.1, 0.15) is 70.8 Å². The number of hydrogen-bond donors (Lipinski definition) is 2. The van der Waals surface area contributed by atoms with Gasteiger partial charge in [-0.3, -0.25) is 9.59 Å². The number of aliphatic carboxylic acids is 1. The molecule has 0 aliphatic heterocycles. The van der Waals surface area contributed by atoms with Gasteiger partial charge in [-0.2, -0.15) is 18.4 Å². The second-order valence-corrected chi connectivity index (χ2v) is 9.26. The van der Waals surface area contributed by atoms with Crippen molar-refractivity contribution in [2.45, 2.75) is 44.4 Å². The predicted octanol–water partition coefficient (Wildman–Crippen LogP) is 7.14. The Balaban J connectivity index is 1.98. The van der Waals surface area contributed by atoms with E-state index in [0.717, 1.165) is 30.2 Å². The molecule has 3 aromatic carbocycles. The zero-order valence-electron chi connectivity index (χ0n) is 21.0. The maximum absolute atomic E-state index is 13.2. The van der Waals surface area contributed by atoms with E-state index in [1.165, 1.54) is 0 Å². The minimum absolute atomic E-state index is 0.00475. The molecular weight excluding hydrogens is 533 g/mol. The molecular formula is C29H26ClF3N2O4. The van der Waals surface area contributed by atoms with Crippen molar-refractivity contribution in [2.24, 2.45) is 0 Å². The molecule has 0 heterocycles. The van der Waals surface area contributed by atoms with E-state index in [1.54, 1.807) is 54.6 Å². The Kier molecular flexibility index (Phi) is 9.96. The Bertz CT molecular complexity index is 1340. The summed E-state index contributed by atoms with van der Waals surface area (Å²) in [5.41, 5.74) is 0.670. The van der Waals surface area contributed by atoms with Gasteiger partial charge in [0.25, 0.3) is 5.91 Å². The van der Waals surface area contributed by atoms with Crippen molar-refractivity contribution >= 4 is 23.5 Å². The summed E-state index contributed by atoms with van der Waals surface area (Å²) in [5, 5.41) is 21.4. The SMILES string of the molecule is CCC[C@H](c1ccc(C(=O)NCCC(=O)O)cc1)[C@@H](Oc1ccc(C(F)(F)F)cc1C#N)c1ccc(Cl)cc1. The number of carboxylic acids is 1. The number of nitriles is 1. The van der Waals surface area contributed by atoms with Gasteiger partial charge in [0.05, 0.1) is 17.5 Å². The zero-order valence-corrected chi connectivity index (χ0v) is 21.7. The molecule has 0 unspecified atom stereocenters. The van der Waals surface area contributed by atoms with Crippen LogP contribution in [0.2, 0.25) is 5.02 Å². The van der Waals surface area contributed by atoms with Crippen LogP contribution in [0.5, 0.6) is 5.75 Å². The molecule has 10 heteroatoms. The second kappa shape index (κ2) is 13.2. The summed E-state index contributed by atoms with van der Waals surface area (Å²) < 4.78 is 46.0. The molecule has 0 saturated carbocycles. The molecule has 2 atom stereocenters. The number of ether oxygens (including phenoxy) is 1. The van der Waals surface area contributed by atoms with Crippen molar-refractivity contribution in [1.82, 2.24) is 5.32 Å². The summed E-state index contributed by atoms with van der Waals surface area (Å²) in [4.78, 5) is 23.1. The third-order valence-corrected chi connectivity index (χ3v) is 6.32. The molecule has 2 N–H and O–H groups in total. The molecule has 0 saturated heterocycles. The maximum atomic E-state index is 13.2. The summed E-state index contributed by atoms with van der Waals surface area (Å²) in [6.45, 7) is 1.98. The fraction of sp³-hybridized carbons (Fsp3) is 0.276. The van der Waals surface area contributed by atoms with Gasteiger partial charge in [0.1, 0.15) is 17.9 Å². The van der Waals surface area contributed by atoms with Crippen LogP contribution in [0.25, 0.3) is 0 Å². The number of carboxylic acid groups (broad SMARTS) is 1. The molecule has 204 valence electrons. The van der Waals surface area contributed by atoms with Crippen LogP contribution in [0, 0.1) is 11.3 Å². The van der Waals surface area contributed by atoms with E-state index in [9.17, 15) is 28.0 Å². The van der Waals surface area contributed by atoms with Gasteiger partial charge in [-0.25, -0.2) is 0 Å². The first-order chi connectivity index (χ1) is 18.5. The molecule has 3 aromatic rings. The largest absolute Gasteiger partial charge is 0.484 e. The molecule has 0 aliphatic rings. The summed E-state index contributed by atoms with van der Waals surface area (Å²) in [6.07, 6.45) is -4.13. The van der Waals surface area contributed by atoms with Crippen LogP contribution >= 0.6 is 11.6 Å². The monoisotopic (exact) mass is 558 g/mol. The smallest absolute Gasteiger partial charge is 0.416 e. The average molecular weight is 559 g/mol. The molecule has 0 aromatic heterocycles. The van der Waals surface area contributed by atoms with E-state index < -0.39 is 29.7 Å². The van der Waals surface area contributed by atoms with Gasteiger partial charge in [0, 0.05) is 23.0 Å². The Morgan fingerprint density at radius 1 is 1.05 bits per heavy atom. The minimum atomic E-state index is -4.61. The van der Waals surface area contributed by atoms with E-state index in [-0.39, 0.29) is 30.2 Å². The summed E-state index contributed by atoms with van der Waals surface area (Å²) >= 11 is 6.08. The number of alkyl halides is 3. The van der Waals surface area contributed by atoms with Crippen LogP contribution in [-0.4, -0.2) is 23.5 Å². The predicted molar refractivity (Wildman–Crippen MR) is 140 cm³/mol. The Hall–Kier alpha value is -4.03. The van der Waals surface area contributed by atoms with Crippen molar-refractivity contribution in [2.75, 3.05) is 6.54 Å². The van der Waals surface area contributed by atoms with Gasteiger partial charge in [0.2, 0.25) is 0 Å². The van der Waals surface area contributed by atoms with Crippen molar-refractivity contribution in [3.63, 3.8) is 0 Å². The number of nitrogens with one attached hydrogen (secondary N) is 1. The molecule has 0 aliphatic carbocycles. The molecule has 0 spiro atoms. The molecule has 3 rings (SSSR count). The molecule has 1 amide bonds. The third kappa shape index (κ3) is 7.98. The lowest BCUT2D eigenvalue weighted by molar-refractivity contribution is -0.138. The fourth-order valence-corrected chi connectivity index (χ4v) is 4.26. The lowest BCUT2D eigenvalue weighted by Crippen LogP contribution is -2.26. The molecule has 6 nitrogen and oxygen atoms in total. The maximum Gasteiger partial charge on any atom is 0.416 e.